The van der Waals surface area contributed by atoms with Gasteiger partial charge in [0.25, 0.3) is 0 Å². The highest BCUT2D eigenvalue weighted by molar-refractivity contribution is 7.89. The quantitative estimate of drug-likeness (QED) is 0.548. The first-order valence-electron chi connectivity index (χ1n) is 6.95. The maximum absolute atomic E-state index is 11.2. The Labute approximate surface area is 135 Å². The summed E-state index contributed by atoms with van der Waals surface area (Å²) in [4.78, 5) is 8.44. The van der Waals surface area contributed by atoms with E-state index in [1.165, 1.54) is 12.1 Å². The lowest BCUT2D eigenvalue weighted by Crippen LogP contribution is -2.36. The highest BCUT2D eigenvalue weighted by atomic mass is 32.2. The Morgan fingerprint density at radius 1 is 1.13 bits per heavy atom. The van der Waals surface area contributed by atoms with E-state index >= 15 is 0 Å². The number of primary sulfonamides is 1. The number of rotatable bonds is 5. The largest absolute Gasteiger partial charge is 0.352 e. The summed E-state index contributed by atoms with van der Waals surface area (Å²) in [7, 11) is -1.98. The number of hydrogen-bond donors (Lipinski definition) is 3. The van der Waals surface area contributed by atoms with E-state index in [4.69, 9.17) is 5.14 Å². The van der Waals surface area contributed by atoms with Crippen LogP contribution in [0, 0.1) is 0 Å². The third-order valence-electron chi connectivity index (χ3n) is 3.10. The number of nitrogens with zero attached hydrogens (tertiary/aromatic N) is 2. The van der Waals surface area contributed by atoms with Gasteiger partial charge >= 0.3 is 0 Å². The number of benzene rings is 1. The number of sulfonamides is 1. The molecule has 0 aliphatic rings. The SMILES string of the molecule is CN=C(NCc1ccc(S(N)(=O)=O)cc1)NCc1ccccn1. The van der Waals surface area contributed by atoms with Gasteiger partial charge in [0.1, 0.15) is 0 Å². The molecule has 0 amide bonds. The number of aliphatic imine (C=N–C) groups is 1. The van der Waals surface area contributed by atoms with Gasteiger partial charge in [-0.1, -0.05) is 18.2 Å². The van der Waals surface area contributed by atoms with Gasteiger partial charge in [0.05, 0.1) is 17.1 Å². The fourth-order valence-electron chi connectivity index (χ4n) is 1.88. The van der Waals surface area contributed by atoms with Crippen molar-refractivity contribution in [1.29, 1.82) is 0 Å². The summed E-state index contributed by atoms with van der Waals surface area (Å²) >= 11 is 0. The Morgan fingerprint density at radius 2 is 1.83 bits per heavy atom. The van der Waals surface area contributed by atoms with Gasteiger partial charge in [-0.25, -0.2) is 13.6 Å². The molecule has 0 radical (unpaired) electrons. The van der Waals surface area contributed by atoms with E-state index < -0.39 is 10.0 Å². The second-order valence-electron chi connectivity index (χ2n) is 4.79. The van der Waals surface area contributed by atoms with E-state index in [-0.39, 0.29) is 4.90 Å². The van der Waals surface area contributed by atoms with Gasteiger partial charge in [0.15, 0.2) is 5.96 Å². The minimum Gasteiger partial charge on any atom is -0.352 e. The molecule has 0 unspecified atom stereocenters. The summed E-state index contributed by atoms with van der Waals surface area (Å²) in [6.45, 7) is 1.07. The molecule has 1 heterocycles. The lowest BCUT2D eigenvalue weighted by Gasteiger charge is -2.11. The standard InChI is InChI=1S/C15H19N5O2S/c1-17-15(20-11-13-4-2-3-9-18-13)19-10-12-5-7-14(8-6-12)23(16,21)22/h2-9H,10-11H2,1H3,(H2,16,21,22)(H2,17,19,20). The van der Waals surface area contributed by atoms with Gasteiger partial charge in [-0.05, 0) is 29.8 Å². The van der Waals surface area contributed by atoms with Crippen molar-refractivity contribution < 1.29 is 8.42 Å². The van der Waals surface area contributed by atoms with E-state index in [1.54, 1.807) is 25.4 Å². The second kappa shape index (κ2) is 7.70. The lowest BCUT2D eigenvalue weighted by molar-refractivity contribution is 0.597. The molecule has 4 N–H and O–H groups in total. The molecule has 0 saturated carbocycles. The van der Waals surface area contributed by atoms with Crippen LogP contribution in [0.15, 0.2) is 58.5 Å². The second-order valence-corrected chi connectivity index (χ2v) is 6.35. The summed E-state index contributed by atoms with van der Waals surface area (Å²) in [6, 6.07) is 12.1. The Bertz CT molecular complexity index is 758. The molecule has 0 aliphatic carbocycles. The third kappa shape index (κ3) is 5.35. The van der Waals surface area contributed by atoms with Crippen molar-refractivity contribution in [3.05, 3.63) is 59.9 Å². The van der Waals surface area contributed by atoms with Crippen molar-refractivity contribution in [2.75, 3.05) is 7.05 Å². The number of guanidine groups is 1. The number of hydrogen-bond acceptors (Lipinski definition) is 4. The van der Waals surface area contributed by atoms with E-state index in [0.717, 1.165) is 11.3 Å². The highest BCUT2D eigenvalue weighted by Gasteiger charge is 2.06. The Hall–Kier alpha value is -2.45. The van der Waals surface area contributed by atoms with Crippen LogP contribution in [-0.2, 0) is 23.1 Å². The summed E-state index contributed by atoms with van der Waals surface area (Å²) in [5.41, 5.74) is 1.83. The molecular formula is C15H19N5O2S. The first kappa shape index (κ1) is 16.9. The first-order chi connectivity index (χ1) is 11.0. The smallest absolute Gasteiger partial charge is 0.238 e. The number of nitrogens with two attached hydrogens (primary N) is 1. The van der Waals surface area contributed by atoms with Crippen LogP contribution in [0.2, 0.25) is 0 Å². The topological polar surface area (TPSA) is 109 Å². The molecule has 2 aromatic rings. The van der Waals surface area contributed by atoms with Crippen LogP contribution in [0.25, 0.3) is 0 Å². The minimum atomic E-state index is -3.66. The zero-order valence-electron chi connectivity index (χ0n) is 12.7. The van der Waals surface area contributed by atoms with Crippen molar-refractivity contribution in [2.45, 2.75) is 18.0 Å². The normalized spacial score (nSPS) is 12.0. The maximum atomic E-state index is 11.2. The molecule has 0 bridgehead atoms. The van der Waals surface area contributed by atoms with Crippen molar-refractivity contribution >= 4 is 16.0 Å². The Balaban J connectivity index is 1.88. The van der Waals surface area contributed by atoms with Crippen LogP contribution in [0.3, 0.4) is 0 Å². The van der Waals surface area contributed by atoms with Crippen LogP contribution in [0.5, 0.6) is 0 Å². The Morgan fingerprint density at radius 3 is 2.39 bits per heavy atom. The molecule has 1 aromatic carbocycles. The van der Waals surface area contributed by atoms with Crippen LogP contribution in [0.1, 0.15) is 11.3 Å². The predicted molar refractivity (Wildman–Crippen MR) is 89.1 cm³/mol. The third-order valence-corrected chi connectivity index (χ3v) is 4.03. The van der Waals surface area contributed by atoms with E-state index in [9.17, 15) is 8.42 Å². The van der Waals surface area contributed by atoms with Gasteiger partial charge in [0, 0.05) is 19.8 Å². The number of pyridine rings is 1. The van der Waals surface area contributed by atoms with Crippen molar-refractivity contribution in [3.8, 4) is 0 Å². The van der Waals surface area contributed by atoms with E-state index in [0.29, 0.717) is 19.0 Å². The summed E-state index contributed by atoms with van der Waals surface area (Å²) < 4.78 is 22.4. The van der Waals surface area contributed by atoms with Gasteiger partial charge in [-0.15, -0.1) is 0 Å². The molecule has 0 fully saturated rings. The molecule has 0 saturated heterocycles. The average Bonchev–Trinajstić information content (AvgIpc) is 2.55. The van der Waals surface area contributed by atoms with Crippen LogP contribution in [0.4, 0.5) is 0 Å². The molecule has 0 spiro atoms. The molecule has 0 aliphatic heterocycles. The average molecular weight is 333 g/mol. The highest BCUT2D eigenvalue weighted by Crippen LogP contribution is 2.08. The summed E-state index contributed by atoms with van der Waals surface area (Å²) in [5.74, 6) is 0.631. The van der Waals surface area contributed by atoms with E-state index in [2.05, 4.69) is 20.6 Å². The number of aromatic nitrogens is 1. The van der Waals surface area contributed by atoms with Gasteiger partial charge in [-0.2, -0.15) is 0 Å². The van der Waals surface area contributed by atoms with Gasteiger partial charge < -0.3 is 10.6 Å². The molecule has 8 heteroatoms. The van der Waals surface area contributed by atoms with Crippen molar-refractivity contribution in [3.63, 3.8) is 0 Å². The lowest BCUT2D eigenvalue weighted by atomic mass is 10.2. The van der Waals surface area contributed by atoms with Crippen molar-refractivity contribution in [2.24, 2.45) is 10.1 Å². The molecule has 1 aromatic heterocycles. The summed E-state index contributed by atoms with van der Waals surface area (Å²) in [6.07, 6.45) is 1.74. The summed E-state index contributed by atoms with van der Waals surface area (Å²) in [5, 5.41) is 11.4. The zero-order chi connectivity index (χ0) is 16.7. The fourth-order valence-corrected chi connectivity index (χ4v) is 2.40. The zero-order valence-corrected chi connectivity index (χ0v) is 13.5. The first-order valence-corrected chi connectivity index (χ1v) is 8.50. The van der Waals surface area contributed by atoms with Crippen molar-refractivity contribution in [1.82, 2.24) is 15.6 Å². The van der Waals surface area contributed by atoms with Crippen LogP contribution < -0.4 is 15.8 Å². The van der Waals surface area contributed by atoms with Gasteiger partial charge in [0.2, 0.25) is 10.0 Å². The molecule has 122 valence electrons. The maximum Gasteiger partial charge on any atom is 0.238 e. The molecule has 0 atom stereocenters. The van der Waals surface area contributed by atoms with Crippen LogP contribution >= 0.6 is 0 Å². The molecule has 2 rings (SSSR count). The molecule has 7 nitrogen and oxygen atoms in total. The Kier molecular flexibility index (Phi) is 5.67. The minimum absolute atomic E-state index is 0.0962. The monoisotopic (exact) mass is 333 g/mol. The fraction of sp³-hybridized carbons (Fsp3) is 0.200. The molecule has 23 heavy (non-hydrogen) atoms. The predicted octanol–water partition coefficient (Wildman–Crippen LogP) is 0.594. The van der Waals surface area contributed by atoms with Crippen LogP contribution in [-0.4, -0.2) is 26.4 Å². The number of nitrogens with one attached hydrogen (secondary N) is 2. The van der Waals surface area contributed by atoms with E-state index in [1.807, 2.05) is 18.2 Å². The van der Waals surface area contributed by atoms with Gasteiger partial charge in [-0.3, -0.25) is 9.98 Å². The molecular weight excluding hydrogens is 314 g/mol.